The molecular weight excluding hydrogens is 211 g/mol. The zero-order valence-electron chi connectivity index (χ0n) is 6.88. The molecule has 0 spiro atoms. The van der Waals surface area contributed by atoms with Gasteiger partial charge >= 0.3 is 0 Å². The highest BCUT2D eigenvalue weighted by Crippen LogP contribution is 2.29. The maximum absolute atomic E-state index is 9.44. The molecule has 0 aliphatic heterocycles. The largest absolute Gasteiger partial charge is 0.506 e. The second-order valence-electron chi connectivity index (χ2n) is 2.31. The van der Waals surface area contributed by atoms with E-state index in [4.69, 9.17) is 23.2 Å². The van der Waals surface area contributed by atoms with Crippen LogP contribution in [0, 0.1) is 0 Å². The summed E-state index contributed by atoms with van der Waals surface area (Å²) < 4.78 is 0. The third-order valence-corrected chi connectivity index (χ3v) is 1.90. The number of phenolic OH excluding ortho intramolecular Hbond substituents is 1. The molecule has 13 heavy (non-hydrogen) atoms. The van der Waals surface area contributed by atoms with Crippen LogP contribution in [0.25, 0.3) is 0 Å². The zero-order valence-corrected chi connectivity index (χ0v) is 8.39. The highest BCUT2D eigenvalue weighted by atomic mass is 35.5. The number of nitrogens with one attached hydrogen (secondary N) is 1. The maximum atomic E-state index is 9.44. The van der Waals surface area contributed by atoms with Crippen molar-refractivity contribution in [2.45, 2.75) is 0 Å². The fourth-order valence-electron chi connectivity index (χ4n) is 0.818. The topological polar surface area (TPSA) is 44.6 Å². The molecule has 1 rings (SSSR count). The molecular formula is C8H8Cl2N2O. The van der Waals surface area contributed by atoms with Crippen LogP contribution < -0.4 is 5.43 Å². The molecule has 0 aliphatic rings. The first-order chi connectivity index (χ1) is 6.15. The normalized spacial score (nSPS) is 10.7. The van der Waals surface area contributed by atoms with Crippen molar-refractivity contribution in [1.82, 2.24) is 5.43 Å². The van der Waals surface area contributed by atoms with Gasteiger partial charge in [0.25, 0.3) is 0 Å². The van der Waals surface area contributed by atoms with Gasteiger partial charge in [-0.15, -0.1) is 0 Å². The molecule has 70 valence electrons. The van der Waals surface area contributed by atoms with Crippen LogP contribution in [-0.2, 0) is 0 Å². The van der Waals surface area contributed by atoms with Gasteiger partial charge in [0.1, 0.15) is 5.75 Å². The van der Waals surface area contributed by atoms with E-state index in [0.29, 0.717) is 10.6 Å². The standard InChI is InChI=1S/C8H8Cl2N2O/c1-11-12-4-5-2-6(9)3-7(10)8(5)13/h2-4,11,13H,1H3. The lowest BCUT2D eigenvalue weighted by atomic mass is 10.2. The summed E-state index contributed by atoms with van der Waals surface area (Å²) in [5.41, 5.74) is 3.03. The molecule has 0 radical (unpaired) electrons. The Balaban J connectivity index is 3.12. The molecule has 0 amide bonds. The van der Waals surface area contributed by atoms with Crippen molar-refractivity contribution in [3.63, 3.8) is 0 Å². The fourth-order valence-corrected chi connectivity index (χ4v) is 1.33. The zero-order chi connectivity index (χ0) is 9.84. The Hall–Kier alpha value is -0.930. The van der Waals surface area contributed by atoms with Gasteiger partial charge in [0.05, 0.1) is 11.2 Å². The number of halogens is 2. The molecule has 0 fully saturated rings. The number of rotatable bonds is 2. The monoisotopic (exact) mass is 218 g/mol. The van der Waals surface area contributed by atoms with Crippen molar-refractivity contribution in [3.8, 4) is 5.75 Å². The molecule has 0 aromatic heterocycles. The highest BCUT2D eigenvalue weighted by molar-refractivity contribution is 6.36. The van der Waals surface area contributed by atoms with E-state index < -0.39 is 0 Å². The minimum Gasteiger partial charge on any atom is -0.506 e. The SMILES string of the molecule is CNN=Cc1cc(Cl)cc(Cl)c1O. The molecule has 1 aromatic carbocycles. The predicted molar refractivity (Wildman–Crippen MR) is 54.8 cm³/mol. The molecule has 0 unspecified atom stereocenters. The first kappa shape index (κ1) is 10.2. The number of hydrogen-bond donors (Lipinski definition) is 2. The molecule has 0 aliphatic carbocycles. The van der Waals surface area contributed by atoms with Crippen LogP contribution in [0.5, 0.6) is 5.75 Å². The minimum atomic E-state index is -0.0231. The van der Waals surface area contributed by atoms with Crippen LogP contribution in [-0.4, -0.2) is 18.4 Å². The summed E-state index contributed by atoms with van der Waals surface area (Å²) in [6.07, 6.45) is 1.44. The summed E-state index contributed by atoms with van der Waals surface area (Å²) in [6.45, 7) is 0. The Bertz CT molecular complexity index is 339. The van der Waals surface area contributed by atoms with Crippen molar-refractivity contribution < 1.29 is 5.11 Å². The summed E-state index contributed by atoms with van der Waals surface area (Å²) >= 11 is 11.4. The molecule has 2 N–H and O–H groups in total. The van der Waals surface area contributed by atoms with Crippen LogP contribution in [0.2, 0.25) is 10.0 Å². The molecule has 0 atom stereocenters. The Kier molecular flexibility index (Phi) is 3.39. The van der Waals surface area contributed by atoms with Crippen LogP contribution in [0.15, 0.2) is 17.2 Å². The quantitative estimate of drug-likeness (QED) is 0.591. The van der Waals surface area contributed by atoms with E-state index >= 15 is 0 Å². The van der Waals surface area contributed by atoms with Gasteiger partial charge in [0.2, 0.25) is 0 Å². The third-order valence-electron chi connectivity index (χ3n) is 1.39. The lowest BCUT2D eigenvalue weighted by molar-refractivity contribution is 0.474. The summed E-state index contributed by atoms with van der Waals surface area (Å²) in [5.74, 6) is -0.0231. The highest BCUT2D eigenvalue weighted by Gasteiger charge is 2.05. The van der Waals surface area contributed by atoms with Gasteiger partial charge in [-0.2, -0.15) is 5.10 Å². The Morgan fingerprint density at radius 1 is 1.46 bits per heavy atom. The van der Waals surface area contributed by atoms with E-state index in [-0.39, 0.29) is 10.8 Å². The maximum Gasteiger partial charge on any atom is 0.143 e. The average Bonchev–Trinajstić information content (AvgIpc) is 2.09. The van der Waals surface area contributed by atoms with Gasteiger partial charge in [-0.05, 0) is 12.1 Å². The molecule has 1 aromatic rings. The first-order valence-corrected chi connectivity index (χ1v) is 4.28. The van der Waals surface area contributed by atoms with E-state index in [1.54, 1.807) is 13.1 Å². The summed E-state index contributed by atoms with van der Waals surface area (Å²) in [5, 5.41) is 13.8. The number of phenols is 1. The smallest absolute Gasteiger partial charge is 0.143 e. The van der Waals surface area contributed by atoms with Crippen molar-refractivity contribution in [2.75, 3.05) is 7.05 Å². The van der Waals surface area contributed by atoms with E-state index in [9.17, 15) is 5.11 Å². The van der Waals surface area contributed by atoms with E-state index in [2.05, 4.69) is 10.5 Å². The molecule has 0 saturated carbocycles. The van der Waals surface area contributed by atoms with Crippen molar-refractivity contribution in [3.05, 3.63) is 27.7 Å². The number of nitrogens with zero attached hydrogens (tertiary/aromatic N) is 1. The van der Waals surface area contributed by atoms with E-state index in [1.165, 1.54) is 12.3 Å². The van der Waals surface area contributed by atoms with Crippen molar-refractivity contribution in [2.24, 2.45) is 5.10 Å². The molecule has 0 heterocycles. The Morgan fingerprint density at radius 2 is 2.15 bits per heavy atom. The van der Waals surface area contributed by atoms with Crippen LogP contribution in [0.1, 0.15) is 5.56 Å². The fraction of sp³-hybridized carbons (Fsp3) is 0.125. The van der Waals surface area contributed by atoms with E-state index in [0.717, 1.165) is 0 Å². The van der Waals surface area contributed by atoms with Crippen LogP contribution in [0.3, 0.4) is 0 Å². The second kappa shape index (κ2) is 4.35. The molecule has 0 bridgehead atoms. The predicted octanol–water partition coefficient (Wildman–Crippen LogP) is 2.25. The Morgan fingerprint density at radius 3 is 2.77 bits per heavy atom. The van der Waals surface area contributed by atoms with Gasteiger partial charge in [-0.1, -0.05) is 23.2 Å². The lowest BCUT2D eigenvalue weighted by Gasteiger charge is -2.01. The van der Waals surface area contributed by atoms with Crippen LogP contribution in [0.4, 0.5) is 0 Å². The van der Waals surface area contributed by atoms with Gasteiger partial charge in [0.15, 0.2) is 0 Å². The van der Waals surface area contributed by atoms with Gasteiger partial charge in [-0.25, -0.2) is 0 Å². The average molecular weight is 219 g/mol. The number of hydrogen-bond acceptors (Lipinski definition) is 3. The first-order valence-electron chi connectivity index (χ1n) is 3.53. The third kappa shape index (κ3) is 2.50. The lowest BCUT2D eigenvalue weighted by Crippen LogP contribution is -1.95. The number of hydrazone groups is 1. The summed E-state index contributed by atoms with van der Waals surface area (Å²) in [6, 6.07) is 3.04. The van der Waals surface area contributed by atoms with E-state index in [1.807, 2.05) is 0 Å². The van der Waals surface area contributed by atoms with Gasteiger partial charge in [0, 0.05) is 17.6 Å². The second-order valence-corrected chi connectivity index (χ2v) is 3.15. The molecule has 5 heteroatoms. The number of aromatic hydroxyl groups is 1. The molecule has 0 saturated heterocycles. The summed E-state index contributed by atoms with van der Waals surface area (Å²) in [7, 11) is 1.65. The summed E-state index contributed by atoms with van der Waals surface area (Å²) in [4.78, 5) is 0. The van der Waals surface area contributed by atoms with Gasteiger partial charge < -0.3 is 10.5 Å². The van der Waals surface area contributed by atoms with Crippen LogP contribution >= 0.6 is 23.2 Å². The van der Waals surface area contributed by atoms with Gasteiger partial charge in [-0.3, -0.25) is 0 Å². The molecule has 3 nitrogen and oxygen atoms in total. The minimum absolute atomic E-state index is 0.0231. The Labute approximate surface area is 86.0 Å². The van der Waals surface area contributed by atoms with Crippen molar-refractivity contribution >= 4 is 29.4 Å². The number of benzene rings is 1. The van der Waals surface area contributed by atoms with Crippen molar-refractivity contribution in [1.29, 1.82) is 0 Å².